The van der Waals surface area contributed by atoms with Crippen molar-refractivity contribution < 1.29 is 14.7 Å². The molecule has 1 N–H and O–H groups in total. The van der Waals surface area contributed by atoms with Gasteiger partial charge in [-0.1, -0.05) is 38.0 Å². The maximum absolute atomic E-state index is 12.9. The van der Waals surface area contributed by atoms with Crippen LogP contribution in [0.15, 0.2) is 24.3 Å². The van der Waals surface area contributed by atoms with E-state index in [1.807, 2.05) is 31.2 Å². The molecule has 1 amide bonds. The third-order valence-electron chi connectivity index (χ3n) is 4.70. The molecule has 1 heterocycles. The van der Waals surface area contributed by atoms with Gasteiger partial charge in [-0.2, -0.15) is 0 Å². The maximum Gasteiger partial charge on any atom is 0.327 e. The highest BCUT2D eigenvalue weighted by Crippen LogP contribution is 2.43. The first-order valence-corrected chi connectivity index (χ1v) is 7.17. The van der Waals surface area contributed by atoms with Crippen LogP contribution in [-0.2, 0) is 16.0 Å². The normalized spacial score (nSPS) is 23.6. The topological polar surface area (TPSA) is 57.6 Å². The van der Waals surface area contributed by atoms with Crippen molar-refractivity contribution in [1.82, 2.24) is 0 Å². The number of aliphatic carboxylic acids is 1. The molecular formula is C16H19NO3. The summed E-state index contributed by atoms with van der Waals surface area (Å²) in [5, 5.41) is 9.44. The summed E-state index contributed by atoms with van der Waals surface area (Å²) in [6, 6.07) is 6.77. The molecule has 4 nitrogen and oxygen atoms in total. The highest BCUT2D eigenvalue weighted by atomic mass is 16.4. The molecule has 1 atom stereocenters. The van der Waals surface area contributed by atoms with Crippen LogP contribution in [0.4, 0.5) is 5.69 Å². The van der Waals surface area contributed by atoms with E-state index in [4.69, 9.17) is 0 Å². The molecule has 0 bridgehead atoms. The molecule has 0 aromatic heterocycles. The molecule has 1 aromatic carbocycles. The quantitative estimate of drug-likeness (QED) is 0.901. The molecule has 1 unspecified atom stereocenters. The third kappa shape index (κ3) is 1.90. The predicted octanol–water partition coefficient (Wildman–Crippen LogP) is 2.61. The molecule has 0 radical (unpaired) electrons. The Morgan fingerprint density at radius 1 is 1.25 bits per heavy atom. The Morgan fingerprint density at radius 2 is 1.90 bits per heavy atom. The lowest BCUT2D eigenvalue weighted by molar-refractivity contribution is -0.141. The van der Waals surface area contributed by atoms with Gasteiger partial charge in [-0.3, -0.25) is 9.69 Å². The van der Waals surface area contributed by atoms with Crippen molar-refractivity contribution in [2.75, 3.05) is 4.90 Å². The average molecular weight is 273 g/mol. The minimum absolute atomic E-state index is 0.0210. The Morgan fingerprint density at radius 3 is 2.55 bits per heavy atom. The number of rotatable bonds is 2. The first kappa shape index (κ1) is 13.2. The van der Waals surface area contributed by atoms with E-state index in [0.29, 0.717) is 6.42 Å². The average Bonchev–Trinajstić information content (AvgIpc) is 3.02. The van der Waals surface area contributed by atoms with Crippen molar-refractivity contribution in [2.45, 2.75) is 45.1 Å². The van der Waals surface area contributed by atoms with Crippen LogP contribution in [0.2, 0.25) is 0 Å². The summed E-state index contributed by atoms with van der Waals surface area (Å²) in [4.78, 5) is 26.0. The fraction of sp³-hybridized carbons (Fsp3) is 0.500. The molecule has 1 aliphatic carbocycles. The Bertz CT molecular complexity index is 561. The van der Waals surface area contributed by atoms with Crippen LogP contribution in [-0.4, -0.2) is 23.0 Å². The van der Waals surface area contributed by atoms with Crippen molar-refractivity contribution >= 4 is 17.6 Å². The molecule has 1 aromatic rings. The summed E-state index contributed by atoms with van der Waals surface area (Å²) in [6.45, 7) is 1.97. The second-order valence-electron chi connectivity index (χ2n) is 6.13. The molecule has 1 fully saturated rings. The lowest BCUT2D eigenvalue weighted by Crippen LogP contribution is -2.48. The van der Waals surface area contributed by atoms with Gasteiger partial charge in [0.2, 0.25) is 5.91 Å². The summed E-state index contributed by atoms with van der Waals surface area (Å²) in [7, 11) is 0. The number of benzene rings is 1. The Balaban J connectivity index is 2.00. The van der Waals surface area contributed by atoms with E-state index >= 15 is 0 Å². The highest BCUT2D eigenvalue weighted by molar-refractivity contribution is 6.04. The number of hydrogen-bond donors (Lipinski definition) is 1. The summed E-state index contributed by atoms with van der Waals surface area (Å²) in [5.41, 5.74) is 1.33. The van der Waals surface area contributed by atoms with Gasteiger partial charge in [-0.05, 0) is 24.5 Å². The Labute approximate surface area is 118 Å². The standard InChI is InChI=1S/C16H19NO3/c1-16(8-4-5-9-16)15(20)17-12-7-3-2-6-11(12)10-13(17)14(18)19/h2-3,6-7,13H,4-5,8-10H2,1H3,(H,18,19). The number of para-hydroxylation sites is 1. The van der Waals surface area contributed by atoms with E-state index < -0.39 is 17.4 Å². The third-order valence-corrected chi connectivity index (χ3v) is 4.70. The molecule has 1 aliphatic heterocycles. The molecule has 2 aliphatic rings. The number of hydrogen-bond acceptors (Lipinski definition) is 2. The van der Waals surface area contributed by atoms with Crippen molar-refractivity contribution in [2.24, 2.45) is 5.41 Å². The summed E-state index contributed by atoms with van der Waals surface area (Å²) < 4.78 is 0. The van der Waals surface area contributed by atoms with E-state index in [-0.39, 0.29) is 5.91 Å². The van der Waals surface area contributed by atoms with Gasteiger partial charge in [0.1, 0.15) is 6.04 Å². The predicted molar refractivity (Wildman–Crippen MR) is 75.6 cm³/mol. The largest absolute Gasteiger partial charge is 0.480 e. The number of fused-ring (bicyclic) bond motifs is 1. The van der Waals surface area contributed by atoms with E-state index in [1.54, 1.807) is 0 Å². The van der Waals surface area contributed by atoms with Crippen molar-refractivity contribution in [3.8, 4) is 0 Å². The summed E-state index contributed by atoms with van der Waals surface area (Å²) in [5.74, 6) is -0.941. The first-order valence-electron chi connectivity index (χ1n) is 7.17. The zero-order valence-corrected chi connectivity index (χ0v) is 11.6. The molecule has 20 heavy (non-hydrogen) atoms. The lowest BCUT2D eigenvalue weighted by atomic mass is 9.86. The number of carboxylic acids is 1. The van der Waals surface area contributed by atoms with Crippen LogP contribution in [0.1, 0.15) is 38.2 Å². The van der Waals surface area contributed by atoms with Crippen LogP contribution in [0.25, 0.3) is 0 Å². The molecule has 0 spiro atoms. The van der Waals surface area contributed by atoms with Crippen molar-refractivity contribution in [1.29, 1.82) is 0 Å². The smallest absolute Gasteiger partial charge is 0.327 e. The van der Waals surface area contributed by atoms with Crippen LogP contribution >= 0.6 is 0 Å². The fourth-order valence-electron chi connectivity index (χ4n) is 3.49. The zero-order chi connectivity index (χ0) is 14.3. The summed E-state index contributed by atoms with van der Waals surface area (Å²) in [6.07, 6.45) is 4.23. The van der Waals surface area contributed by atoms with Gasteiger partial charge < -0.3 is 5.11 Å². The molecule has 3 rings (SSSR count). The Kier molecular flexibility index (Phi) is 3.04. The van der Waals surface area contributed by atoms with Crippen molar-refractivity contribution in [3.05, 3.63) is 29.8 Å². The maximum atomic E-state index is 12.9. The SMILES string of the molecule is CC1(C(=O)N2c3ccccc3CC2C(=O)O)CCCC1. The number of carbonyl (C=O) groups excluding carboxylic acids is 1. The van der Waals surface area contributed by atoms with Gasteiger partial charge in [0, 0.05) is 17.5 Å². The van der Waals surface area contributed by atoms with E-state index in [1.165, 1.54) is 4.90 Å². The van der Waals surface area contributed by atoms with E-state index in [2.05, 4.69) is 0 Å². The molecule has 1 saturated carbocycles. The number of amides is 1. The second-order valence-corrected chi connectivity index (χ2v) is 6.13. The van der Waals surface area contributed by atoms with Gasteiger partial charge in [-0.15, -0.1) is 0 Å². The fourth-order valence-corrected chi connectivity index (χ4v) is 3.49. The van der Waals surface area contributed by atoms with Gasteiger partial charge in [-0.25, -0.2) is 4.79 Å². The molecule has 0 saturated heterocycles. The highest BCUT2D eigenvalue weighted by Gasteiger charge is 2.46. The van der Waals surface area contributed by atoms with Gasteiger partial charge >= 0.3 is 5.97 Å². The van der Waals surface area contributed by atoms with Crippen LogP contribution < -0.4 is 4.90 Å². The number of anilines is 1. The minimum atomic E-state index is -0.920. The number of carbonyl (C=O) groups is 2. The van der Waals surface area contributed by atoms with Crippen molar-refractivity contribution in [3.63, 3.8) is 0 Å². The van der Waals surface area contributed by atoms with E-state index in [0.717, 1.165) is 36.9 Å². The van der Waals surface area contributed by atoms with Crippen LogP contribution in [0.3, 0.4) is 0 Å². The monoisotopic (exact) mass is 273 g/mol. The Hall–Kier alpha value is -1.84. The summed E-state index contributed by atoms with van der Waals surface area (Å²) >= 11 is 0. The van der Waals surface area contributed by atoms with Gasteiger partial charge in [0.25, 0.3) is 0 Å². The molecule has 4 heteroatoms. The first-order chi connectivity index (χ1) is 9.53. The van der Waals surface area contributed by atoms with E-state index in [9.17, 15) is 14.7 Å². The zero-order valence-electron chi connectivity index (χ0n) is 11.6. The van der Waals surface area contributed by atoms with Crippen LogP contribution in [0, 0.1) is 5.41 Å². The number of nitrogens with zero attached hydrogens (tertiary/aromatic N) is 1. The van der Waals surface area contributed by atoms with Gasteiger partial charge in [0.05, 0.1) is 0 Å². The second kappa shape index (κ2) is 4.62. The minimum Gasteiger partial charge on any atom is -0.480 e. The van der Waals surface area contributed by atoms with Gasteiger partial charge in [0.15, 0.2) is 0 Å². The molecule has 106 valence electrons. The number of carboxylic acid groups (broad SMARTS) is 1. The molecular weight excluding hydrogens is 254 g/mol. The lowest BCUT2D eigenvalue weighted by Gasteiger charge is -2.31. The van der Waals surface area contributed by atoms with Crippen LogP contribution in [0.5, 0.6) is 0 Å².